The number of rotatable bonds is 9. The topological polar surface area (TPSA) is 187 Å². The van der Waals surface area contributed by atoms with Crippen LogP contribution in [0.1, 0.15) is 96.7 Å². The Labute approximate surface area is 409 Å². The number of methoxy groups -OCH3 is 3. The van der Waals surface area contributed by atoms with Crippen molar-refractivity contribution < 1.29 is 43.2 Å². The number of carbonyl (C=O) groups is 4. The molecule has 10 rings (SSSR count). The van der Waals surface area contributed by atoms with Gasteiger partial charge in [0, 0.05) is 96.5 Å². The number of nitrogens with one attached hydrogen (secondary N) is 2. The average Bonchev–Trinajstić information content (AvgIpc) is 4.02. The third-order valence-corrected chi connectivity index (χ3v) is 17.6. The second-order valence-corrected chi connectivity index (χ2v) is 20.9. The second kappa shape index (κ2) is 17.0. The number of ether oxygens (including phenoxy) is 4. The molecule has 1 aliphatic carbocycles. The number of aromatic amines is 1. The molecule has 15 heteroatoms. The molecule has 2 saturated heterocycles. The molecule has 5 aliphatic heterocycles. The molecule has 1 saturated carbocycles. The zero-order valence-corrected chi connectivity index (χ0v) is 41.4. The number of esters is 3. The first-order valence-corrected chi connectivity index (χ1v) is 24.7. The first-order chi connectivity index (χ1) is 33.6. The monoisotopic (exact) mass is 952 g/mol. The standard InChI is InChI=1S/C55H64N6O9/c1-9-51(58-45(63)35-16-17-36(29-56)32(3)24-35)27-34-28-54(49(64)68-7,44-38(18-22-60(30-34)31-51)37-14-11-12-15-41(37)57-44)40-25-39-42(26-43(40)67-6)59(5)47-53(39)20-23-61-21-13-19-52(10-2,46(53)61)48(70-33(4)62)55(47,66)50(65)69-8/h11-17,19,24-26,34,46-48,57,66H,9-10,18,20-23,27-28,30-31H2,1-8H3,(H,58,63)/t34-,46+,47-,48-,51+,52-,53-,54+,55+/m1/s1. The lowest BCUT2D eigenvalue weighted by atomic mass is 9.47. The van der Waals surface area contributed by atoms with Crippen LogP contribution >= 0.6 is 0 Å². The summed E-state index contributed by atoms with van der Waals surface area (Å²) in [5.74, 6) is -1.96. The lowest BCUT2D eigenvalue weighted by Crippen LogP contribution is -2.81. The van der Waals surface area contributed by atoms with Crippen LogP contribution < -0.4 is 15.0 Å². The Kier molecular flexibility index (Phi) is 11.5. The number of fused-ring (bicyclic) bond motifs is 6. The number of aromatic nitrogens is 1. The number of carbonyl (C=O) groups excluding carboxylic acids is 4. The van der Waals surface area contributed by atoms with Gasteiger partial charge < -0.3 is 44.2 Å². The first-order valence-electron chi connectivity index (χ1n) is 24.7. The maximum absolute atomic E-state index is 15.7. The van der Waals surface area contributed by atoms with Crippen LogP contribution in [0.25, 0.3) is 10.9 Å². The SMILES string of the molecule is CC[C@]1(NC(=O)c2ccc(C#N)c(C)c2)C[C@H]2CN(CCc3c([nH]c4ccccc34)[C@@](C(=O)OC)(c3cc4c(cc3OC)N(C)[C@H]3[C@@](O)(C(=O)OC)[C@H](OC(C)=O)[C@]5(CC)C=CCN6CC[C@]43[C@@H]65)C2)C1. The van der Waals surface area contributed by atoms with Gasteiger partial charge in [-0.2, -0.15) is 5.26 Å². The maximum atomic E-state index is 15.7. The van der Waals surface area contributed by atoms with Gasteiger partial charge in [-0.1, -0.05) is 44.2 Å². The van der Waals surface area contributed by atoms with Crippen molar-refractivity contribution in [3.63, 3.8) is 0 Å². The highest BCUT2D eigenvalue weighted by Crippen LogP contribution is 2.68. The van der Waals surface area contributed by atoms with Gasteiger partial charge in [0.15, 0.2) is 6.10 Å². The number of nitrogens with zero attached hydrogens (tertiary/aromatic N) is 4. The fourth-order valence-corrected chi connectivity index (χ4v) is 15.0. The van der Waals surface area contributed by atoms with E-state index >= 15 is 4.79 Å². The first kappa shape index (κ1) is 47.5. The molecular weight excluding hydrogens is 889 g/mol. The third kappa shape index (κ3) is 6.47. The summed E-state index contributed by atoms with van der Waals surface area (Å²) in [6.45, 7) is 10.4. The molecule has 70 heavy (non-hydrogen) atoms. The maximum Gasteiger partial charge on any atom is 0.344 e. The van der Waals surface area contributed by atoms with Crippen LogP contribution in [0.4, 0.5) is 5.69 Å². The van der Waals surface area contributed by atoms with E-state index in [-0.39, 0.29) is 24.3 Å². The Morgan fingerprint density at radius 2 is 1.73 bits per heavy atom. The normalized spacial score (nSPS) is 32.7. The molecule has 3 N–H and O–H groups in total. The minimum absolute atomic E-state index is 0.165. The van der Waals surface area contributed by atoms with Crippen molar-refractivity contribution in [1.29, 1.82) is 5.26 Å². The van der Waals surface area contributed by atoms with Gasteiger partial charge in [0.05, 0.1) is 44.5 Å². The molecule has 368 valence electrons. The van der Waals surface area contributed by atoms with Crippen LogP contribution in [0, 0.1) is 29.6 Å². The molecule has 10 atom stereocenters. The Morgan fingerprint density at radius 3 is 2.41 bits per heavy atom. The van der Waals surface area contributed by atoms with E-state index in [0.29, 0.717) is 98.6 Å². The smallest absolute Gasteiger partial charge is 0.344 e. The average molecular weight is 953 g/mol. The van der Waals surface area contributed by atoms with Crippen molar-refractivity contribution in [2.24, 2.45) is 11.3 Å². The predicted octanol–water partition coefficient (Wildman–Crippen LogP) is 5.61. The minimum atomic E-state index is -2.34. The molecule has 4 aromatic rings. The summed E-state index contributed by atoms with van der Waals surface area (Å²) in [5.41, 5.74) is -0.0639. The summed E-state index contributed by atoms with van der Waals surface area (Å²) in [5, 5.41) is 27.6. The van der Waals surface area contributed by atoms with Gasteiger partial charge in [-0.25, -0.2) is 4.79 Å². The van der Waals surface area contributed by atoms with Crippen molar-refractivity contribution in [3.05, 3.63) is 106 Å². The van der Waals surface area contributed by atoms with E-state index in [9.17, 15) is 24.8 Å². The second-order valence-electron chi connectivity index (χ2n) is 20.9. The van der Waals surface area contributed by atoms with Gasteiger partial charge in [-0.3, -0.25) is 19.3 Å². The summed E-state index contributed by atoms with van der Waals surface area (Å²) < 4.78 is 24.3. The van der Waals surface area contributed by atoms with Gasteiger partial charge in [-0.05, 0) is 105 Å². The van der Waals surface area contributed by atoms with Crippen LogP contribution in [0.5, 0.6) is 5.75 Å². The number of anilines is 1. The Morgan fingerprint density at radius 1 is 0.957 bits per heavy atom. The van der Waals surface area contributed by atoms with Crippen LogP contribution in [0.15, 0.2) is 66.7 Å². The Hall–Kier alpha value is -6.21. The number of nitriles is 1. The molecule has 0 radical (unpaired) electrons. The lowest BCUT2D eigenvalue weighted by Gasteiger charge is -2.63. The fourth-order valence-electron chi connectivity index (χ4n) is 15.0. The zero-order valence-electron chi connectivity index (χ0n) is 41.4. The molecule has 3 fully saturated rings. The van der Waals surface area contributed by atoms with Crippen molar-refractivity contribution in [3.8, 4) is 11.8 Å². The molecule has 3 aromatic carbocycles. The quantitative estimate of drug-likeness (QED) is 0.107. The summed E-state index contributed by atoms with van der Waals surface area (Å²) in [6, 6.07) is 18.2. The Bertz CT molecular complexity index is 2910. The van der Waals surface area contributed by atoms with Crippen molar-refractivity contribution in [2.45, 2.75) is 106 Å². The minimum Gasteiger partial charge on any atom is -0.496 e. The molecule has 6 heterocycles. The molecule has 2 bridgehead atoms. The van der Waals surface area contributed by atoms with Crippen LogP contribution in [0.2, 0.25) is 0 Å². The lowest BCUT2D eigenvalue weighted by molar-refractivity contribution is -0.228. The summed E-state index contributed by atoms with van der Waals surface area (Å²) in [4.78, 5) is 68.3. The van der Waals surface area contributed by atoms with Crippen molar-refractivity contribution >= 4 is 40.4 Å². The number of likely N-dealkylation sites (N-methyl/N-ethyl adjacent to an activating group) is 1. The van der Waals surface area contributed by atoms with Gasteiger partial charge >= 0.3 is 17.9 Å². The number of H-pyrrole nitrogens is 1. The number of benzene rings is 3. The van der Waals surface area contributed by atoms with Gasteiger partial charge in [0.1, 0.15) is 11.2 Å². The van der Waals surface area contributed by atoms with Crippen LogP contribution in [-0.4, -0.2) is 134 Å². The number of hydrogen-bond acceptors (Lipinski definition) is 13. The van der Waals surface area contributed by atoms with Crippen molar-refractivity contribution in [2.75, 3.05) is 66.0 Å². The third-order valence-electron chi connectivity index (χ3n) is 17.6. The summed E-state index contributed by atoms with van der Waals surface area (Å²) >= 11 is 0. The molecule has 15 nitrogen and oxygen atoms in total. The van der Waals surface area contributed by atoms with Gasteiger partial charge in [0.2, 0.25) is 5.60 Å². The highest BCUT2D eigenvalue weighted by molar-refractivity contribution is 5.96. The van der Waals surface area contributed by atoms with Gasteiger partial charge in [-0.15, -0.1) is 0 Å². The molecule has 1 amide bonds. The number of amides is 1. The number of piperidine rings is 1. The highest BCUT2D eigenvalue weighted by atomic mass is 16.6. The van der Waals surface area contributed by atoms with Crippen LogP contribution in [0.3, 0.4) is 0 Å². The molecule has 1 spiro atoms. The summed E-state index contributed by atoms with van der Waals surface area (Å²) in [7, 11) is 6.13. The molecule has 1 unspecified atom stereocenters. The number of aliphatic hydroxyl groups is 1. The van der Waals surface area contributed by atoms with E-state index in [1.807, 2.05) is 62.2 Å². The highest BCUT2D eigenvalue weighted by Gasteiger charge is 2.80. The zero-order chi connectivity index (χ0) is 49.7. The number of para-hydroxylation sites is 1. The van der Waals surface area contributed by atoms with E-state index < -0.39 is 57.4 Å². The Balaban J connectivity index is 1.20. The van der Waals surface area contributed by atoms with Gasteiger partial charge in [0.25, 0.3) is 5.91 Å². The molecular formula is C55H64N6O9. The molecule has 1 aromatic heterocycles. The van der Waals surface area contributed by atoms with E-state index in [1.165, 1.54) is 21.1 Å². The van der Waals surface area contributed by atoms with E-state index in [0.717, 1.165) is 27.6 Å². The predicted molar refractivity (Wildman–Crippen MR) is 262 cm³/mol. The fraction of sp³-hybridized carbons (Fsp3) is 0.509. The number of aryl methyl sites for hydroxylation is 1. The molecule has 6 aliphatic rings. The van der Waals surface area contributed by atoms with E-state index in [1.54, 1.807) is 25.3 Å². The van der Waals surface area contributed by atoms with Crippen molar-refractivity contribution in [1.82, 2.24) is 20.1 Å². The largest absolute Gasteiger partial charge is 0.496 e. The summed E-state index contributed by atoms with van der Waals surface area (Å²) in [6.07, 6.45) is 5.82. The number of hydrogen-bond donors (Lipinski definition) is 3. The van der Waals surface area contributed by atoms with Crippen LogP contribution in [-0.2, 0) is 45.8 Å². The van der Waals surface area contributed by atoms with E-state index in [4.69, 9.17) is 18.9 Å². The van der Waals surface area contributed by atoms with E-state index in [2.05, 4.69) is 45.2 Å².